The largest absolute Gasteiger partial charge is 0.395 e. The van der Waals surface area contributed by atoms with Crippen LogP contribution in [0, 0.1) is 0 Å². The summed E-state index contributed by atoms with van der Waals surface area (Å²) in [6.45, 7) is 2.76. The zero-order chi connectivity index (χ0) is 16.0. The number of nitrogens with two attached hydrogens (primary N) is 1. The number of aliphatic hydroxyl groups is 1. The van der Waals surface area contributed by atoms with E-state index in [2.05, 4.69) is 4.99 Å². The van der Waals surface area contributed by atoms with Crippen molar-refractivity contribution in [3.63, 3.8) is 0 Å². The molecule has 1 aliphatic heterocycles. The predicted octanol–water partition coefficient (Wildman–Crippen LogP) is -0.400. The molecule has 0 radical (unpaired) electrons. The van der Waals surface area contributed by atoms with Crippen molar-refractivity contribution in [3.8, 4) is 0 Å². The number of rotatable bonds is 5. The van der Waals surface area contributed by atoms with E-state index in [0.717, 1.165) is 18.7 Å². The number of hydrogen-bond donors (Lipinski definition) is 2. The molecule has 8 heteroatoms. The second-order valence-electron chi connectivity index (χ2n) is 4.96. The molecule has 3 N–H and O–H groups in total. The van der Waals surface area contributed by atoms with Gasteiger partial charge in [0.15, 0.2) is 15.8 Å². The molecule has 2 rings (SSSR count). The fraction of sp³-hybridized carbons (Fsp3) is 0.500. The minimum atomic E-state index is -3.41. The Bertz CT molecular complexity index is 607. The molecule has 0 aromatic heterocycles. The number of aliphatic hydroxyl groups excluding tert-OH is 1. The van der Waals surface area contributed by atoms with Crippen molar-refractivity contribution >= 4 is 15.8 Å². The summed E-state index contributed by atoms with van der Waals surface area (Å²) >= 11 is 0. The molecule has 22 heavy (non-hydrogen) atoms. The molecule has 0 bridgehead atoms. The molecule has 1 aromatic carbocycles. The van der Waals surface area contributed by atoms with Crippen molar-refractivity contribution in [1.29, 1.82) is 0 Å². The maximum atomic E-state index is 11.8. The van der Waals surface area contributed by atoms with E-state index >= 15 is 0 Å². The standard InChI is InChI=1S/C14H21N3O4S/c15-14(17-5-8-21-9-6-17)16-11-12-1-3-13(4-2-12)22(19,20)10-7-18/h1-4,18H,5-11H2,(H2,15,16). The first-order valence-corrected chi connectivity index (χ1v) is 8.73. The van der Waals surface area contributed by atoms with E-state index in [-0.39, 0.29) is 17.3 Å². The topological polar surface area (TPSA) is 105 Å². The summed E-state index contributed by atoms with van der Waals surface area (Å²) in [5, 5.41) is 8.76. The average molecular weight is 327 g/mol. The van der Waals surface area contributed by atoms with Crippen LogP contribution in [-0.2, 0) is 21.1 Å². The summed E-state index contributed by atoms with van der Waals surface area (Å²) in [6.07, 6.45) is 0. The van der Waals surface area contributed by atoms with E-state index < -0.39 is 9.84 Å². The van der Waals surface area contributed by atoms with Crippen LogP contribution in [0.5, 0.6) is 0 Å². The van der Waals surface area contributed by atoms with Crippen molar-refractivity contribution in [1.82, 2.24) is 4.90 Å². The molecule has 0 unspecified atom stereocenters. The lowest BCUT2D eigenvalue weighted by molar-refractivity contribution is 0.0674. The fourth-order valence-electron chi connectivity index (χ4n) is 2.10. The quantitative estimate of drug-likeness (QED) is 0.563. The Balaban J connectivity index is 1.99. The zero-order valence-corrected chi connectivity index (χ0v) is 13.1. The predicted molar refractivity (Wildman–Crippen MR) is 83.3 cm³/mol. The molecular formula is C14H21N3O4S. The van der Waals surface area contributed by atoms with Gasteiger partial charge in [-0.15, -0.1) is 0 Å². The van der Waals surface area contributed by atoms with Crippen molar-refractivity contribution in [2.24, 2.45) is 10.7 Å². The molecular weight excluding hydrogens is 306 g/mol. The van der Waals surface area contributed by atoms with Gasteiger partial charge in [-0.05, 0) is 17.7 Å². The van der Waals surface area contributed by atoms with E-state index in [1.807, 2.05) is 4.90 Å². The molecule has 1 heterocycles. The molecule has 0 atom stereocenters. The summed E-state index contributed by atoms with van der Waals surface area (Å²) in [7, 11) is -3.41. The van der Waals surface area contributed by atoms with Crippen LogP contribution >= 0.6 is 0 Å². The normalized spacial score (nSPS) is 16.8. The van der Waals surface area contributed by atoms with Gasteiger partial charge < -0.3 is 20.5 Å². The molecule has 0 spiro atoms. The lowest BCUT2D eigenvalue weighted by Crippen LogP contribution is -2.44. The number of sulfone groups is 1. The first-order valence-electron chi connectivity index (χ1n) is 7.08. The minimum Gasteiger partial charge on any atom is -0.395 e. The van der Waals surface area contributed by atoms with Gasteiger partial charge in [0.05, 0.1) is 37.0 Å². The molecule has 1 aromatic rings. The monoisotopic (exact) mass is 327 g/mol. The Morgan fingerprint density at radius 1 is 1.27 bits per heavy atom. The molecule has 0 aliphatic carbocycles. The molecule has 122 valence electrons. The van der Waals surface area contributed by atoms with Crippen molar-refractivity contribution in [3.05, 3.63) is 29.8 Å². The number of aliphatic imine (C=N–C) groups is 1. The van der Waals surface area contributed by atoms with Gasteiger partial charge in [0.2, 0.25) is 0 Å². The highest BCUT2D eigenvalue weighted by molar-refractivity contribution is 7.91. The number of ether oxygens (including phenoxy) is 1. The van der Waals surface area contributed by atoms with E-state index in [1.54, 1.807) is 12.1 Å². The van der Waals surface area contributed by atoms with Gasteiger partial charge in [-0.3, -0.25) is 0 Å². The van der Waals surface area contributed by atoms with Crippen molar-refractivity contribution in [2.45, 2.75) is 11.4 Å². The van der Waals surface area contributed by atoms with Crippen LogP contribution in [0.1, 0.15) is 5.56 Å². The van der Waals surface area contributed by atoms with Crippen LogP contribution in [0.2, 0.25) is 0 Å². The highest BCUT2D eigenvalue weighted by Gasteiger charge is 2.14. The molecule has 1 saturated heterocycles. The maximum absolute atomic E-state index is 11.8. The van der Waals surface area contributed by atoms with Crippen LogP contribution < -0.4 is 5.73 Å². The Morgan fingerprint density at radius 3 is 2.50 bits per heavy atom. The van der Waals surface area contributed by atoms with E-state index in [1.165, 1.54) is 12.1 Å². The third kappa shape index (κ3) is 4.43. The Hall–Kier alpha value is -1.64. The van der Waals surface area contributed by atoms with E-state index in [0.29, 0.717) is 25.7 Å². The van der Waals surface area contributed by atoms with Crippen LogP contribution in [-0.4, -0.2) is 63.0 Å². The zero-order valence-electron chi connectivity index (χ0n) is 12.3. The third-order valence-corrected chi connectivity index (χ3v) is 5.11. The van der Waals surface area contributed by atoms with Gasteiger partial charge in [-0.2, -0.15) is 0 Å². The number of morpholine rings is 1. The van der Waals surface area contributed by atoms with Crippen LogP contribution in [0.3, 0.4) is 0 Å². The summed E-state index contributed by atoms with van der Waals surface area (Å²) in [4.78, 5) is 6.49. The van der Waals surface area contributed by atoms with E-state index in [4.69, 9.17) is 15.6 Å². The maximum Gasteiger partial charge on any atom is 0.191 e. The van der Waals surface area contributed by atoms with Crippen LogP contribution in [0.15, 0.2) is 34.2 Å². The number of guanidine groups is 1. The molecule has 1 aliphatic rings. The Labute approximate surface area is 130 Å². The van der Waals surface area contributed by atoms with Crippen LogP contribution in [0.4, 0.5) is 0 Å². The SMILES string of the molecule is NC(=NCc1ccc(S(=O)(=O)CCO)cc1)N1CCOCC1. The summed E-state index contributed by atoms with van der Waals surface area (Å²) < 4.78 is 28.8. The third-order valence-electron chi connectivity index (χ3n) is 3.40. The molecule has 0 amide bonds. The van der Waals surface area contributed by atoms with Crippen molar-refractivity contribution in [2.75, 3.05) is 38.7 Å². The fourth-order valence-corrected chi connectivity index (χ4v) is 3.13. The van der Waals surface area contributed by atoms with Gasteiger partial charge in [-0.25, -0.2) is 13.4 Å². The van der Waals surface area contributed by atoms with Gasteiger partial charge in [0.25, 0.3) is 0 Å². The molecule has 1 fully saturated rings. The second kappa shape index (κ2) is 7.57. The van der Waals surface area contributed by atoms with Crippen LogP contribution in [0.25, 0.3) is 0 Å². The highest BCUT2D eigenvalue weighted by atomic mass is 32.2. The van der Waals surface area contributed by atoms with Gasteiger partial charge in [0, 0.05) is 13.1 Å². The second-order valence-corrected chi connectivity index (χ2v) is 7.07. The smallest absolute Gasteiger partial charge is 0.191 e. The highest BCUT2D eigenvalue weighted by Crippen LogP contribution is 2.13. The minimum absolute atomic E-state index is 0.204. The first kappa shape index (κ1) is 16.7. The Kier molecular flexibility index (Phi) is 5.76. The number of hydrogen-bond acceptors (Lipinski definition) is 5. The molecule has 0 saturated carbocycles. The first-order chi connectivity index (χ1) is 10.5. The van der Waals surface area contributed by atoms with Gasteiger partial charge >= 0.3 is 0 Å². The lowest BCUT2D eigenvalue weighted by Gasteiger charge is -2.27. The average Bonchev–Trinajstić information content (AvgIpc) is 2.54. The van der Waals surface area contributed by atoms with Crippen molar-refractivity contribution < 1.29 is 18.3 Å². The van der Waals surface area contributed by atoms with Gasteiger partial charge in [0.1, 0.15) is 0 Å². The number of benzene rings is 1. The Morgan fingerprint density at radius 2 is 1.91 bits per heavy atom. The lowest BCUT2D eigenvalue weighted by atomic mass is 10.2. The summed E-state index contributed by atoms with van der Waals surface area (Å²) in [6, 6.07) is 6.47. The molecule has 7 nitrogen and oxygen atoms in total. The van der Waals surface area contributed by atoms with E-state index in [9.17, 15) is 8.42 Å². The summed E-state index contributed by atoms with van der Waals surface area (Å²) in [5.74, 6) is 0.203. The number of nitrogens with zero attached hydrogens (tertiary/aromatic N) is 2. The summed E-state index contributed by atoms with van der Waals surface area (Å²) in [5.41, 5.74) is 6.81. The van der Waals surface area contributed by atoms with Gasteiger partial charge in [-0.1, -0.05) is 12.1 Å².